The summed E-state index contributed by atoms with van der Waals surface area (Å²) in [6.07, 6.45) is 2.22. The van der Waals surface area contributed by atoms with Gasteiger partial charge in [0.05, 0.1) is 0 Å². The third-order valence-corrected chi connectivity index (χ3v) is 4.44. The lowest BCUT2D eigenvalue weighted by atomic mass is 10.2. The maximum absolute atomic E-state index is 9.44. The first-order chi connectivity index (χ1) is 11.7. The number of phenolic OH excluding ortho intramolecular Hbond substituents is 1. The van der Waals surface area contributed by atoms with Crippen molar-refractivity contribution in [3.05, 3.63) is 29.0 Å². The molecule has 1 aliphatic rings. The minimum absolute atomic E-state index is 0.230. The Bertz CT molecular complexity index is 869. The molecule has 0 radical (unpaired) electrons. The molecule has 0 spiro atoms. The number of halogens is 1. The van der Waals surface area contributed by atoms with Crippen LogP contribution in [0.4, 0.5) is 5.82 Å². The lowest BCUT2D eigenvalue weighted by Crippen LogP contribution is -2.32. The number of phenols is 1. The predicted octanol–water partition coefficient (Wildman–Crippen LogP) is 3.38. The number of imidazole rings is 1. The highest BCUT2D eigenvalue weighted by Gasteiger charge is 2.28. The molecule has 8 heteroatoms. The number of benzene rings is 1. The second-order valence-corrected chi connectivity index (χ2v) is 6.54. The number of fused-ring (bicyclic) bond motifs is 3. The predicted molar refractivity (Wildman–Crippen MR) is 94.7 cm³/mol. The summed E-state index contributed by atoms with van der Waals surface area (Å²) in [5.41, 5.74) is 1.75. The molecular weight excluding hydrogens is 372 g/mol. The van der Waals surface area contributed by atoms with Crippen LogP contribution in [0.15, 0.2) is 29.0 Å². The van der Waals surface area contributed by atoms with Gasteiger partial charge in [0, 0.05) is 12.1 Å². The molecule has 0 bridgehead atoms. The first-order valence-electron chi connectivity index (χ1n) is 7.90. The number of nitrogens with zero attached hydrogens (tertiary/aromatic N) is 5. The average molecular weight is 389 g/mol. The Morgan fingerprint density at radius 3 is 2.79 bits per heavy atom. The van der Waals surface area contributed by atoms with Crippen LogP contribution in [0.3, 0.4) is 0 Å². The maximum atomic E-state index is 9.44. The van der Waals surface area contributed by atoms with Gasteiger partial charge in [-0.3, -0.25) is 0 Å². The summed E-state index contributed by atoms with van der Waals surface area (Å²) >= 11 is 3.42. The molecule has 7 nitrogen and oxygen atoms in total. The van der Waals surface area contributed by atoms with Gasteiger partial charge in [-0.05, 0) is 46.6 Å². The third-order valence-electron chi connectivity index (χ3n) is 4.06. The number of aromatic hydroxyl groups is 1. The molecule has 2 aromatic heterocycles. The molecule has 1 aromatic carbocycles. The quantitative estimate of drug-likeness (QED) is 0.715. The fourth-order valence-corrected chi connectivity index (χ4v) is 3.20. The topological polar surface area (TPSA) is 82.9 Å². The van der Waals surface area contributed by atoms with Crippen LogP contribution < -0.4 is 4.90 Å². The number of nitrogens with one attached hydrogen (secondary N) is 1. The zero-order chi connectivity index (χ0) is 16.7. The van der Waals surface area contributed by atoms with E-state index >= 15 is 0 Å². The second kappa shape index (κ2) is 5.94. The smallest absolute Gasteiger partial charge is 0.181 e. The SMILES string of the molecule is CCCCN1Cn2nc(-c3ccc(O)cc3)nc2-c2[nH]c(Br)nc21. The molecule has 24 heavy (non-hydrogen) atoms. The summed E-state index contributed by atoms with van der Waals surface area (Å²) in [5, 5.41) is 14.1. The molecule has 0 fully saturated rings. The van der Waals surface area contributed by atoms with Crippen molar-refractivity contribution in [2.75, 3.05) is 11.4 Å². The molecule has 0 unspecified atom stereocenters. The van der Waals surface area contributed by atoms with E-state index in [-0.39, 0.29) is 5.75 Å². The number of hydrogen-bond donors (Lipinski definition) is 2. The zero-order valence-corrected chi connectivity index (χ0v) is 14.8. The molecule has 3 aromatic rings. The average Bonchev–Trinajstić information content (AvgIpc) is 3.16. The van der Waals surface area contributed by atoms with Crippen LogP contribution in [0.2, 0.25) is 0 Å². The maximum Gasteiger partial charge on any atom is 0.181 e. The highest BCUT2D eigenvalue weighted by Crippen LogP contribution is 2.35. The number of unbranched alkanes of at least 4 members (excludes halogenated alkanes) is 1. The van der Waals surface area contributed by atoms with Crippen molar-refractivity contribution in [2.45, 2.75) is 26.4 Å². The van der Waals surface area contributed by atoms with Crippen LogP contribution in [0, 0.1) is 0 Å². The Labute approximate surface area is 147 Å². The van der Waals surface area contributed by atoms with Gasteiger partial charge in [0.2, 0.25) is 0 Å². The summed E-state index contributed by atoms with van der Waals surface area (Å²) < 4.78 is 2.58. The summed E-state index contributed by atoms with van der Waals surface area (Å²) in [4.78, 5) is 14.7. The van der Waals surface area contributed by atoms with Gasteiger partial charge in [0.15, 0.2) is 22.2 Å². The van der Waals surface area contributed by atoms with Gasteiger partial charge in [-0.1, -0.05) is 13.3 Å². The molecule has 3 heterocycles. The first kappa shape index (κ1) is 15.2. The van der Waals surface area contributed by atoms with E-state index < -0.39 is 0 Å². The lowest BCUT2D eigenvalue weighted by molar-refractivity contribution is 0.475. The van der Waals surface area contributed by atoms with Crippen LogP contribution in [-0.2, 0) is 6.67 Å². The van der Waals surface area contributed by atoms with Crippen molar-refractivity contribution >= 4 is 21.7 Å². The van der Waals surface area contributed by atoms with Crippen LogP contribution in [0.5, 0.6) is 5.75 Å². The number of H-pyrrole nitrogens is 1. The number of anilines is 1. The van der Waals surface area contributed by atoms with Gasteiger partial charge in [-0.2, -0.15) is 0 Å². The molecule has 0 aliphatic carbocycles. The van der Waals surface area contributed by atoms with E-state index in [2.05, 4.69) is 47.8 Å². The van der Waals surface area contributed by atoms with Gasteiger partial charge in [0.1, 0.15) is 18.1 Å². The van der Waals surface area contributed by atoms with E-state index in [1.165, 1.54) is 0 Å². The van der Waals surface area contributed by atoms with Crippen molar-refractivity contribution in [3.63, 3.8) is 0 Å². The van der Waals surface area contributed by atoms with Gasteiger partial charge < -0.3 is 15.0 Å². The molecule has 0 saturated heterocycles. The van der Waals surface area contributed by atoms with Crippen molar-refractivity contribution in [2.24, 2.45) is 0 Å². The van der Waals surface area contributed by atoms with E-state index in [0.717, 1.165) is 42.3 Å². The van der Waals surface area contributed by atoms with Crippen molar-refractivity contribution in [1.29, 1.82) is 0 Å². The highest BCUT2D eigenvalue weighted by atomic mass is 79.9. The molecule has 0 atom stereocenters. The zero-order valence-electron chi connectivity index (χ0n) is 13.2. The van der Waals surface area contributed by atoms with Crippen molar-refractivity contribution in [1.82, 2.24) is 24.7 Å². The van der Waals surface area contributed by atoms with E-state index in [0.29, 0.717) is 17.2 Å². The van der Waals surface area contributed by atoms with E-state index in [4.69, 9.17) is 0 Å². The van der Waals surface area contributed by atoms with E-state index in [1.807, 2.05) is 16.8 Å². The second-order valence-electron chi connectivity index (χ2n) is 5.79. The van der Waals surface area contributed by atoms with Crippen LogP contribution >= 0.6 is 15.9 Å². The summed E-state index contributed by atoms with van der Waals surface area (Å²) in [6, 6.07) is 6.91. The molecule has 0 saturated carbocycles. The fraction of sp³-hybridized carbons (Fsp3) is 0.312. The third kappa shape index (κ3) is 2.56. The standard InChI is InChI=1S/C16H17BrN6O/c1-2-3-8-22-9-23-15(12-14(22)20-16(17)18-12)19-13(21-23)10-4-6-11(24)7-5-10/h4-7,24H,2-3,8-9H2,1H3,(H,18,20). The number of rotatable bonds is 4. The first-order valence-corrected chi connectivity index (χ1v) is 8.70. The van der Waals surface area contributed by atoms with Crippen molar-refractivity contribution in [3.8, 4) is 28.7 Å². The van der Waals surface area contributed by atoms with Crippen LogP contribution in [0.25, 0.3) is 22.9 Å². The monoisotopic (exact) mass is 388 g/mol. The summed E-state index contributed by atoms with van der Waals surface area (Å²) in [5.74, 6) is 2.55. The molecule has 2 N–H and O–H groups in total. The van der Waals surface area contributed by atoms with Gasteiger partial charge in [0.25, 0.3) is 0 Å². The minimum Gasteiger partial charge on any atom is -0.508 e. The summed E-state index contributed by atoms with van der Waals surface area (Å²) in [6.45, 7) is 3.73. The normalized spacial score (nSPS) is 13.0. The Kier molecular flexibility index (Phi) is 3.76. The highest BCUT2D eigenvalue weighted by molar-refractivity contribution is 9.10. The Balaban J connectivity index is 1.76. The molecule has 4 rings (SSSR count). The minimum atomic E-state index is 0.230. The Hall–Kier alpha value is -2.35. The Morgan fingerprint density at radius 2 is 2.04 bits per heavy atom. The van der Waals surface area contributed by atoms with Crippen LogP contribution in [0.1, 0.15) is 19.8 Å². The number of hydrogen-bond acceptors (Lipinski definition) is 5. The van der Waals surface area contributed by atoms with Gasteiger partial charge in [-0.15, -0.1) is 5.10 Å². The fourth-order valence-electron chi connectivity index (χ4n) is 2.83. The number of aromatic nitrogens is 5. The van der Waals surface area contributed by atoms with Gasteiger partial charge >= 0.3 is 0 Å². The molecular formula is C16H17BrN6O. The Morgan fingerprint density at radius 1 is 1.25 bits per heavy atom. The molecule has 0 amide bonds. The van der Waals surface area contributed by atoms with Gasteiger partial charge in [-0.25, -0.2) is 14.6 Å². The molecule has 124 valence electrons. The summed E-state index contributed by atoms with van der Waals surface area (Å²) in [7, 11) is 0. The molecule has 1 aliphatic heterocycles. The lowest BCUT2D eigenvalue weighted by Gasteiger charge is -2.27. The number of aromatic amines is 1. The van der Waals surface area contributed by atoms with E-state index in [1.54, 1.807) is 12.1 Å². The van der Waals surface area contributed by atoms with E-state index in [9.17, 15) is 5.11 Å². The van der Waals surface area contributed by atoms with Crippen molar-refractivity contribution < 1.29 is 5.11 Å². The largest absolute Gasteiger partial charge is 0.508 e. The van der Waals surface area contributed by atoms with Crippen LogP contribution in [-0.4, -0.2) is 36.4 Å².